The van der Waals surface area contributed by atoms with E-state index in [0.717, 1.165) is 0 Å². The summed E-state index contributed by atoms with van der Waals surface area (Å²) >= 11 is 0. The van der Waals surface area contributed by atoms with Crippen molar-refractivity contribution in [1.29, 1.82) is 0 Å². The molecule has 0 aromatic rings. The van der Waals surface area contributed by atoms with Gasteiger partial charge >= 0.3 is 0 Å². The summed E-state index contributed by atoms with van der Waals surface area (Å²) in [5, 5.41) is 34.0. The first-order valence-corrected chi connectivity index (χ1v) is 4.88. The molecule has 0 saturated carbocycles. The van der Waals surface area contributed by atoms with Crippen molar-refractivity contribution in [2.24, 2.45) is 10.8 Å². The quantitative estimate of drug-likeness (QED) is 0.509. The molecule has 0 heterocycles. The van der Waals surface area contributed by atoms with E-state index < -0.39 is 31.8 Å². The monoisotopic (exact) mass is 220 g/mol. The van der Waals surface area contributed by atoms with Gasteiger partial charge in [-0.15, -0.1) is 6.58 Å². The molecule has 4 N–H and O–H groups in total. The summed E-state index contributed by atoms with van der Waals surface area (Å²) < 4.78 is 0. The van der Waals surface area contributed by atoms with E-state index in [1.54, 1.807) is 0 Å². The van der Waals surface area contributed by atoms with Gasteiger partial charge in [-0.2, -0.15) is 0 Å². The number of hydrogen-bond donors (Lipinski definition) is 4. The van der Waals surface area contributed by atoms with E-state index in [1.807, 2.05) is 6.08 Å². The van der Waals surface area contributed by atoms with E-state index in [1.165, 1.54) is 0 Å². The summed E-state index contributed by atoms with van der Waals surface area (Å²) in [6.07, 6.45) is 1.94. The van der Waals surface area contributed by atoms with Crippen LogP contribution in [-0.2, 0) is 0 Å². The van der Waals surface area contributed by atoms with Gasteiger partial charge in [-0.05, 0) is 5.41 Å². The van der Waals surface area contributed by atoms with Crippen molar-refractivity contribution in [3.8, 4) is 0 Å². The molecule has 0 bridgehead atoms. The van der Waals surface area contributed by atoms with Gasteiger partial charge in [0.1, 0.15) is 0 Å². The van der Waals surface area contributed by atoms with Crippen LogP contribution in [0.5, 0.6) is 0 Å². The zero-order valence-electron chi connectivity index (χ0n) is 9.90. The van der Waals surface area contributed by atoms with E-state index in [4.69, 9.17) is 20.4 Å². The van der Waals surface area contributed by atoms with Gasteiger partial charge in [0.05, 0.1) is 31.8 Å². The lowest BCUT2D eigenvalue weighted by Crippen LogP contribution is -2.37. The largest absolute Gasteiger partial charge is 0.396 e. The number of rotatable bonds is 4. The highest BCUT2D eigenvalue weighted by Crippen LogP contribution is 2.12. The van der Waals surface area contributed by atoms with Gasteiger partial charge < -0.3 is 20.4 Å². The summed E-state index contributed by atoms with van der Waals surface area (Å²) in [6.45, 7) is 8.38. The van der Waals surface area contributed by atoms with Crippen LogP contribution < -0.4 is 0 Å². The van der Waals surface area contributed by atoms with Crippen LogP contribution in [-0.4, -0.2) is 46.9 Å². The van der Waals surface area contributed by atoms with Crippen LogP contribution in [0.4, 0.5) is 0 Å². The molecule has 0 aromatic carbocycles. The molecule has 0 aromatic heterocycles. The first-order valence-electron chi connectivity index (χ1n) is 4.88. The van der Waals surface area contributed by atoms with Gasteiger partial charge in [0.15, 0.2) is 0 Å². The van der Waals surface area contributed by atoms with Crippen molar-refractivity contribution >= 4 is 0 Å². The summed E-state index contributed by atoms with van der Waals surface area (Å²) in [6, 6.07) is 0. The number of aliphatic hydroxyl groups excluding tert-OH is 4. The minimum absolute atomic E-state index is 0.306. The van der Waals surface area contributed by atoms with E-state index in [2.05, 4.69) is 27.4 Å². The molecule has 15 heavy (non-hydrogen) atoms. The first-order chi connectivity index (χ1) is 6.80. The van der Waals surface area contributed by atoms with Gasteiger partial charge in [0.2, 0.25) is 0 Å². The zero-order valence-corrected chi connectivity index (χ0v) is 9.90. The Hall–Kier alpha value is -0.420. The van der Waals surface area contributed by atoms with Gasteiger partial charge in [0, 0.05) is 0 Å². The average Bonchev–Trinajstić information content (AvgIpc) is 2.22. The van der Waals surface area contributed by atoms with Gasteiger partial charge in [-0.25, -0.2) is 0 Å². The Bertz CT molecular complexity index is 139. The Morgan fingerprint density at radius 2 is 1.07 bits per heavy atom. The lowest BCUT2D eigenvalue weighted by Gasteiger charge is -2.23. The summed E-state index contributed by atoms with van der Waals surface area (Å²) in [4.78, 5) is 0. The molecule has 0 aliphatic heterocycles. The summed E-state index contributed by atoms with van der Waals surface area (Å²) in [5.74, 6) is 0. The summed E-state index contributed by atoms with van der Waals surface area (Å²) in [7, 11) is 0. The smallest absolute Gasteiger partial charge is 0.0627 e. The molecule has 92 valence electrons. The van der Waals surface area contributed by atoms with Crippen molar-refractivity contribution in [2.75, 3.05) is 26.4 Å². The van der Waals surface area contributed by atoms with Crippen LogP contribution >= 0.6 is 0 Å². The van der Waals surface area contributed by atoms with Crippen LogP contribution in [0.15, 0.2) is 12.7 Å². The molecule has 0 amide bonds. The first kappa shape index (κ1) is 17.0. The molecule has 0 fully saturated rings. The molecule has 0 radical (unpaired) electrons. The number of allylic oxidation sites excluding steroid dienone is 1. The standard InChI is InChI=1S/C6H12.C5H12O4/c1-5-6(2,3)4;6-1-5(2-7,3-8)4-9/h5H,1H2,2-4H3;6-9H,1-4H2. The lowest BCUT2D eigenvalue weighted by molar-refractivity contribution is -0.0328. The van der Waals surface area contributed by atoms with E-state index >= 15 is 0 Å². The third kappa shape index (κ3) is 8.57. The molecule has 0 rings (SSSR count). The van der Waals surface area contributed by atoms with Crippen molar-refractivity contribution in [2.45, 2.75) is 20.8 Å². The SMILES string of the molecule is C=CC(C)(C)C.OCC(CO)(CO)CO. The van der Waals surface area contributed by atoms with Crippen LogP contribution in [0.1, 0.15) is 20.8 Å². The highest BCUT2D eigenvalue weighted by molar-refractivity contribution is 4.82. The molecule has 0 aliphatic rings. The van der Waals surface area contributed by atoms with E-state index in [-0.39, 0.29) is 0 Å². The van der Waals surface area contributed by atoms with Gasteiger partial charge in [0.25, 0.3) is 0 Å². The predicted molar refractivity (Wildman–Crippen MR) is 60.4 cm³/mol. The maximum atomic E-state index is 8.50. The third-order valence-electron chi connectivity index (χ3n) is 1.95. The second-order valence-electron chi connectivity index (χ2n) is 4.70. The fourth-order valence-corrected chi connectivity index (χ4v) is 0.300. The topological polar surface area (TPSA) is 80.9 Å². The lowest BCUT2D eigenvalue weighted by atomic mass is 9.93. The van der Waals surface area contributed by atoms with E-state index in [9.17, 15) is 0 Å². The average molecular weight is 220 g/mol. The predicted octanol–water partition coefficient (Wildman–Crippen LogP) is 0.161. The highest BCUT2D eigenvalue weighted by atomic mass is 16.3. The minimum atomic E-state index is -1.11. The minimum Gasteiger partial charge on any atom is -0.396 e. The molecule has 0 saturated heterocycles. The van der Waals surface area contributed by atoms with E-state index in [0.29, 0.717) is 5.41 Å². The molecule has 4 heteroatoms. The Kier molecular flexibility index (Phi) is 8.86. The maximum Gasteiger partial charge on any atom is 0.0627 e. The molecule has 0 spiro atoms. The molecular weight excluding hydrogens is 196 g/mol. The number of hydrogen-bond acceptors (Lipinski definition) is 4. The van der Waals surface area contributed by atoms with Gasteiger partial charge in [-0.1, -0.05) is 26.8 Å². The van der Waals surface area contributed by atoms with Crippen molar-refractivity contribution in [3.63, 3.8) is 0 Å². The molecule has 0 aliphatic carbocycles. The van der Waals surface area contributed by atoms with Crippen molar-refractivity contribution in [1.82, 2.24) is 0 Å². The fourth-order valence-electron chi connectivity index (χ4n) is 0.300. The van der Waals surface area contributed by atoms with Crippen LogP contribution in [0, 0.1) is 10.8 Å². The maximum absolute atomic E-state index is 8.50. The molecular formula is C11H24O4. The Labute approximate surface area is 91.9 Å². The Morgan fingerprint density at radius 3 is 1.07 bits per heavy atom. The second-order valence-corrected chi connectivity index (χ2v) is 4.70. The zero-order chi connectivity index (χ0) is 12.5. The van der Waals surface area contributed by atoms with Gasteiger partial charge in [-0.3, -0.25) is 0 Å². The molecule has 0 unspecified atom stereocenters. The Balaban J connectivity index is 0. The van der Waals surface area contributed by atoms with Crippen LogP contribution in [0.2, 0.25) is 0 Å². The molecule has 0 atom stereocenters. The van der Waals surface area contributed by atoms with Crippen molar-refractivity contribution < 1.29 is 20.4 Å². The molecule has 4 nitrogen and oxygen atoms in total. The third-order valence-corrected chi connectivity index (χ3v) is 1.95. The van der Waals surface area contributed by atoms with Crippen LogP contribution in [0.25, 0.3) is 0 Å². The number of aliphatic hydroxyl groups is 4. The second kappa shape index (κ2) is 7.82. The highest BCUT2D eigenvalue weighted by Gasteiger charge is 2.26. The normalized spacial score (nSPS) is 11.7. The van der Waals surface area contributed by atoms with Crippen LogP contribution in [0.3, 0.4) is 0 Å². The van der Waals surface area contributed by atoms with Crippen molar-refractivity contribution in [3.05, 3.63) is 12.7 Å². The fraction of sp³-hybridized carbons (Fsp3) is 0.818. The Morgan fingerprint density at radius 1 is 0.867 bits per heavy atom. The summed E-state index contributed by atoms with van der Waals surface area (Å²) in [5.41, 5.74) is -0.806.